The molecule has 0 heterocycles. The van der Waals surface area contributed by atoms with Crippen molar-refractivity contribution in [1.29, 1.82) is 0 Å². The van der Waals surface area contributed by atoms with Crippen LogP contribution in [0, 0.1) is 0 Å². The van der Waals surface area contributed by atoms with Gasteiger partial charge < -0.3 is 5.32 Å². The average molecular weight is 184 g/mol. The first-order valence-electron chi connectivity index (χ1n) is 3.92. The van der Waals surface area contributed by atoms with Crippen molar-refractivity contribution in [3.8, 4) is 0 Å². The number of nitrogens with one attached hydrogen (secondary N) is 1. The van der Waals surface area contributed by atoms with E-state index in [2.05, 4.69) is 15.3 Å². The third-order valence-corrected chi connectivity index (χ3v) is 1.44. The Morgan fingerprint density at radius 2 is 2.23 bits per heavy atom. The molecule has 0 bridgehead atoms. The molecular formula is C7H12N4O2. The van der Waals surface area contributed by atoms with E-state index in [0.29, 0.717) is 6.42 Å². The quantitative estimate of drug-likeness (QED) is 0.388. The SMILES string of the molecule is CCC(=O)C(CN=[N+]=[N-])NC(C)=O. The van der Waals surface area contributed by atoms with Crippen LogP contribution in [0.3, 0.4) is 0 Å². The molecule has 72 valence electrons. The number of rotatable bonds is 5. The number of nitrogens with zero attached hydrogens (tertiary/aromatic N) is 3. The van der Waals surface area contributed by atoms with Crippen molar-refractivity contribution in [2.45, 2.75) is 26.3 Å². The van der Waals surface area contributed by atoms with Crippen LogP contribution in [0.4, 0.5) is 0 Å². The second-order valence-corrected chi connectivity index (χ2v) is 2.49. The molecule has 1 atom stereocenters. The number of hydrogen-bond acceptors (Lipinski definition) is 3. The van der Waals surface area contributed by atoms with E-state index in [9.17, 15) is 9.59 Å². The third-order valence-electron chi connectivity index (χ3n) is 1.44. The van der Waals surface area contributed by atoms with Crippen LogP contribution < -0.4 is 5.32 Å². The van der Waals surface area contributed by atoms with Gasteiger partial charge in [0.05, 0.1) is 12.6 Å². The first-order chi connectivity index (χ1) is 6.11. The fraction of sp³-hybridized carbons (Fsp3) is 0.714. The zero-order valence-corrected chi connectivity index (χ0v) is 7.65. The maximum atomic E-state index is 11.2. The normalized spacial score (nSPS) is 11.2. The summed E-state index contributed by atoms with van der Waals surface area (Å²) in [4.78, 5) is 24.3. The van der Waals surface area contributed by atoms with Gasteiger partial charge in [0.1, 0.15) is 0 Å². The van der Waals surface area contributed by atoms with Gasteiger partial charge in [-0.3, -0.25) is 9.59 Å². The molecule has 13 heavy (non-hydrogen) atoms. The Hall–Kier alpha value is -1.55. The highest BCUT2D eigenvalue weighted by molar-refractivity contribution is 5.88. The monoisotopic (exact) mass is 184 g/mol. The molecule has 0 spiro atoms. The lowest BCUT2D eigenvalue weighted by molar-refractivity contribution is -0.126. The van der Waals surface area contributed by atoms with Gasteiger partial charge in [-0.2, -0.15) is 0 Å². The molecule has 0 radical (unpaired) electrons. The molecule has 6 nitrogen and oxygen atoms in total. The molecule has 0 aliphatic heterocycles. The third kappa shape index (κ3) is 4.81. The van der Waals surface area contributed by atoms with Gasteiger partial charge >= 0.3 is 0 Å². The van der Waals surface area contributed by atoms with Crippen LogP contribution in [0.1, 0.15) is 20.3 Å². The molecule has 0 aromatic heterocycles. The van der Waals surface area contributed by atoms with Gasteiger partial charge in [-0.1, -0.05) is 12.0 Å². The lowest BCUT2D eigenvalue weighted by Gasteiger charge is -2.12. The molecule has 6 heteroatoms. The summed E-state index contributed by atoms with van der Waals surface area (Å²) in [5, 5.41) is 5.65. The van der Waals surface area contributed by atoms with Gasteiger partial charge in [0, 0.05) is 18.3 Å². The van der Waals surface area contributed by atoms with Crippen molar-refractivity contribution >= 4 is 11.7 Å². The standard InChI is InChI=1S/C7H12N4O2/c1-3-7(13)6(4-9-11-8)10-5(2)12/h6H,3-4H2,1-2H3,(H,10,12). The zero-order valence-electron chi connectivity index (χ0n) is 7.65. The van der Waals surface area contributed by atoms with E-state index in [4.69, 9.17) is 5.53 Å². The van der Waals surface area contributed by atoms with Crippen molar-refractivity contribution < 1.29 is 9.59 Å². The van der Waals surface area contributed by atoms with Crippen molar-refractivity contribution in [3.63, 3.8) is 0 Å². The minimum absolute atomic E-state index is 0.0250. The highest BCUT2D eigenvalue weighted by atomic mass is 16.2. The second kappa shape index (κ2) is 6.02. The predicted molar refractivity (Wildman–Crippen MR) is 46.9 cm³/mol. The largest absolute Gasteiger partial charge is 0.346 e. The van der Waals surface area contributed by atoms with Crippen LogP contribution in [0.25, 0.3) is 10.4 Å². The lowest BCUT2D eigenvalue weighted by atomic mass is 10.1. The number of azide groups is 1. The van der Waals surface area contributed by atoms with Crippen molar-refractivity contribution in [1.82, 2.24) is 5.32 Å². The van der Waals surface area contributed by atoms with Crippen LogP contribution in [-0.2, 0) is 9.59 Å². The highest BCUT2D eigenvalue weighted by Gasteiger charge is 2.15. The molecule has 0 saturated carbocycles. The summed E-state index contributed by atoms with van der Waals surface area (Å²) in [6, 6.07) is -0.682. The van der Waals surface area contributed by atoms with Crippen LogP contribution in [0.2, 0.25) is 0 Å². The van der Waals surface area contributed by atoms with Crippen LogP contribution in [-0.4, -0.2) is 24.3 Å². The van der Waals surface area contributed by atoms with Gasteiger partial charge in [-0.25, -0.2) is 0 Å². The molecule has 1 unspecified atom stereocenters. The Kier molecular flexibility index (Phi) is 5.30. The molecule has 0 aromatic rings. The van der Waals surface area contributed by atoms with E-state index in [1.165, 1.54) is 6.92 Å². The molecule has 0 fully saturated rings. The number of carbonyl (C=O) groups excluding carboxylic acids is 2. The van der Waals surface area contributed by atoms with Gasteiger partial charge in [0.2, 0.25) is 5.91 Å². The smallest absolute Gasteiger partial charge is 0.217 e. The van der Waals surface area contributed by atoms with Gasteiger partial charge in [0.25, 0.3) is 0 Å². The number of ketones is 1. The Morgan fingerprint density at radius 1 is 1.62 bits per heavy atom. The number of hydrogen-bond donors (Lipinski definition) is 1. The minimum atomic E-state index is -0.682. The van der Waals surface area contributed by atoms with E-state index in [-0.39, 0.29) is 18.2 Å². The molecular weight excluding hydrogens is 172 g/mol. The maximum Gasteiger partial charge on any atom is 0.217 e. The molecule has 1 amide bonds. The summed E-state index contributed by atoms with van der Waals surface area (Å²) in [6.45, 7) is 2.97. The second-order valence-electron chi connectivity index (χ2n) is 2.49. The topological polar surface area (TPSA) is 94.9 Å². The Bertz CT molecular complexity index is 241. The van der Waals surface area contributed by atoms with E-state index >= 15 is 0 Å². The highest BCUT2D eigenvalue weighted by Crippen LogP contribution is 1.93. The maximum absolute atomic E-state index is 11.2. The van der Waals surface area contributed by atoms with Crippen molar-refractivity contribution in [2.75, 3.05) is 6.54 Å². The zero-order chi connectivity index (χ0) is 10.3. The summed E-state index contributed by atoms with van der Waals surface area (Å²) in [6.07, 6.45) is 0.311. The van der Waals surface area contributed by atoms with Gasteiger partial charge in [-0.15, -0.1) is 0 Å². The number of amides is 1. The van der Waals surface area contributed by atoms with E-state index in [1.807, 2.05) is 0 Å². The van der Waals surface area contributed by atoms with Crippen LogP contribution in [0.5, 0.6) is 0 Å². The first kappa shape index (κ1) is 11.4. The fourth-order valence-electron chi connectivity index (χ4n) is 0.838. The summed E-state index contributed by atoms with van der Waals surface area (Å²) in [5.41, 5.74) is 8.04. The molecule has 0 aliphatic carbocycles. The van der Waals surface area contributed by atoms with E-state index in [1.54, 1.807) is 6.92 Å². The minimum Gasteiger partial charge on any atom is -0.346 e. The lowest BCUT2D eigenvalue weighted by Crippen LogP contribution is -2.41. The number of carbonyl (C=O) groups is 2. The van der Waals surface area contributed by atoms with E-state index < -0.39 is 6.04 Å². The first-order valence-corrected chi connectivity index (χ1v) is 3.92. The molecule has 0 aromatic carbocycles. The molecule has 0 saturated heterocycles. The fourth-order valence-corrected chi connectivity index (χ4v) is 0.838. The van der Waals surface area contributed by atoms with Gasteiger partial charge in [0.15, 0.2) is 5.78 Å². The Morgan fingerprint density at radius 3 is 2.62 bits per heavy atom. The Labute approximate surface area is 75.9 Å². The molecule has 0 aliphatic rings. The summed E-state index contributed by atoms with van der Waals surface area (Å²) in [7, 11) is 0. The van der Waals surface area contributed by atoms with Crippen molar-refractivity contribution in [3.05, 3.63) is 10.4 Å². The Balaban J connectivity index is 4.25. The average Bonchev–Trinajstić information content (AvgIpc) is 2.10. The molecule has 1 N–H and O–H groups in total. The van der Waals surface area contributed by atoms with Crippen LogP contribution in [0.15, 0.2) is 5.11 Å². The predicted octanol–water partition coefficient (Wildman–Crippen LogP) is 0.780. The summed E-state index contributed by atoms with van der Waals surface area (Å²) in [5.74, 6) is -0.442. The van der Waals surface area contributed by atoms with Crippen LogP contribution >= 0.6 is 0 Å². The van der Waals surface area contributed by atoms with E-state index in [0.717, 1.165) is 0 Å². The van der Waals surface area contributed by atoms with Gasteiger partial charge in [-0.05, 0) is 5.53 Å². The van der Waals surface area contributed by atoms with Crippen molar-refractivity contribution in [2.24, 2.45) is 5.11 Å². The number of Topliss-reactive ketones (excluding diaryl/α,β-unsaturated/α-hetero) is 1. The molecule has 0 rings (SSSR count). The summed E-state index contributed by atoms with van der Waals surface area (Å²) >= 11 is 0. The summed E-state index contributed by atoms with van der Waals surface area (Å²) < 4.78 is 0.